The summed E-state index contributed by atoms with van der Waals surface area (Å²) in [7, 11) is 0. The molecule has 0 aliphatic heterocycles. The Morgan fingerprint density at radius 2 is 1.69 bits per heavy atom. The maximum absolute atomic E-state index is 5.88. The van der Waals surface area contributed by atoms with Crippen molar-refractivity contribution in [3.8, 4) is 0 Å². The molecule has 1 rings (SSSR count). The van der Waals surface area contributed by atoms with Crippen LogP contribution in [0.1, 0.15) is 57.1 Å². The van der Waals surface area contributed by atoms with Crippen LogP contribution in [0.4, 0.5) is 0 Å². The molecule has 1 heteroatoms. The van der Waals surface area contributed by atoms with E-state index in [2.05, 4.69) is 52.0 Å². The zero-order valence-electron chi connectivity index (χ0n) is 11.0. The van der Waals surface area contributed by atoms with Crippen molar-refractivity contribution in [2.45, 2.75) is 46.0 Å². The molecule has 1 aromatic rings. The lowest BCUT2D eigenvalue weighted by Gasteiger charge is -2.19. The van der Waals surface area contributed by atoms with Gasteiger partial charge in [0.1, 0.15) is 0 Å². The molecule has 90 valence electrons. The highest BCUT2D eigenvalue weighted by atomic mass is 14.5. The molecular formula is C15H25N. The topological polar surface area (TPSA) is 26.0 Å². The molecule has 0 bridgehead atoms. The van der Waals surface area contributed by atoms with E-state index in [4.69, 9.17) is 5.73 Å². The van der Waals surface area contributed by atoms with Gasteiger partial charge < -0.3 is 5.73 Å². The fourth-order valence-electron chi connectivity index (χ4n) is 2.11. The molecular weight excluding hydrogens is 194 g/mol. The largest absolute Gasteiger partial charge is 0.330 e. The summed E-state index contributed by atoms with van der Waals surface area (Å²) in [4.78, 5) is 0. The standard InChI is InChI=1S/C15H25N/c1-11(2)8-15(10-16)14-7-5-6-13(9-14)12(3)4/h5-7,9,11-12,15H,8,10,16H2,1-4H3/t15-/m0/s1. The van der Waals surface area contributed by atoms with E-state index in [1.54, 1.807) is 0 Å². The lowest BCUT2D eigenvalue weighted by atomic mass is 9.88. The summed E-state index contributed by atoms with van der Waals surface area (Å²) in [5.41, 5.74) is 8.70. The van der Waals surface area contributed by atoms with Gasteiger partial charge in [-0.05, 0) is 41.8 Å². The summed E-state index contributed by atoms with van der Waals surface area (Å²) < 4.78 is 0. The smallest absolute Gasteiger partial charge is 0.000814 e. The first-order valence-corrected chi connectivity index (χ1v) is 6.34. The molecule has 0 radical (unpaired) electrons. The zero-order valence-corrected chi connectivity index (χ0v) is 11.0. The van der Waals surface area contributed by atoms with E-state index in [1.165, 1.54) is 17.5 Å². The van der Waals surface area contributed by atoms with Crippen LogP contribution in [-0.4, -0.2) is 6.54 Å². The first-order chi connectivity index (χ1) is 7.54. The third kappa shape index (κ3) is 3.64. The quantitative estimate of drug-likeness (QED) is 0.798. The molecule has 0 aliphatic carbocycles. The average Bonchev–Trinajstić information content (AvgIpc) is 2.25. The predicted octanol–water partition coefficient (Wildman–Crippen LogP) is 3.90. The van der Waals surface area contributed by atoms with Crippen LogP contribution >= 0.6 is 0 Å². The number of nitrogens with two attached hydrogens (primary N) is 1. The summed E-state index contributed by atoms with van der Waals surface area (Å²) in [6, 6.07) is 8.90. The molecule has 0 saturated heterocycles. The van der Waals surface area contributed by atoms with Gasteiger partial charge in [-0.25, -0.2) is 0 Å². The van der Waals surface area contributed by atoms with Crippen LogP contribution in [-0.2, 0) is 0 Å². The third-order valence-electron chi connectivity index (χ3n) is 3.09. The van der Waals surface area contributed by atoms with E-state index >= 15 is 0 Å². The highest BCUT2D eigenvalue weighted by Gasteiger charge is 2.12. The first kappa shape index (κ1) is 13.2. The molecule has 0 fully saturated rings. The SMILES string of the molecule is CC(C)C[C@@H](CN)c1cccc(C(C)C)c1. The Hall–Kier alpha value is -0.820. The highest BCUT2D eigenvalue weighted by Crippen LogP contribution is 2.25. The van der Waals surface area contributed by atoms with Crippen LogP contribution in [0.3, 0.4) is 0 Å². The molecule has 16 heavy (non-hydrogen) atoms. The van der Waals surface area contributed by atoms with Crippen LogP contribution < -0.4 is 5.73 Å². The summed E-state index contributed by atoms with van der Waals surface area (Å²) in [6.07, 6.45) is 1.18. The van der Waals surface area contributed by atoms with E-state index < -0.39 is 0 Å². The van der Waals surface area contributed by atoms with Gasteiger partial charge in [0.05, 0.1) is 0 Å². The molecule has 0 saturated carbocycles. The minimum Gasteiger partial charge on any atom is -0.330 e. The Morgan fingerprint density at radius 1 is 1.06 bits per heavy atom. The van der Waals surface area contributed by atoms with Crippen LogP contribution in [0.2, 0.25) is 0 Å². The van der Waals surface area contributed by atoms with Crippen molar-refractivity contribution >= 4 is 0 Å². The second-order valence-electron chi connectivity index (χ2n) is 5.39. The highest BCUT2D eigenvalue weighted by molar-refractivity contribution is 5.28. The monoisotopic (exact) mass is 219 g/mol. The molecule has 0 aliphatic rings. The van der Waals surface area contributed by atoms with Gasteiger partial charge in [-0.2, -0.15) is 0 Å². The van der Waals surface area contributed by atoms with Crippen LogP contribution in [0, 0.1) is 5.92 Å². The summed E-state index contributed by atoms with van der Waals surface area (Å²) in [6.45, 7) is 9.74. The minimum atomic E-state index is 0.513. The molecule has 1 nitrogen and oxygen atoms in total. The molecule has 0 spiro atoms. The fraction of sp³-hybridized carbons (Fsp3) is 0.600. The summed E-state index contributed by atoms with van der Waals surface area (Å²) >= 11 is 0. The minimum absolute atomic E-state index is 0.513. The number of rotatable bonds is 5. The Bertz CT molecular complexity index is 315. The van der Waals surface area contributed by atoms with E-state index in [0.29, 0.717) is 17.8 Å². The van der Waals surface area contributed by atoms with E-state index in [0.717, 1.165) is 6.54 Å². The Balaban J connectivity index is 2.87. The van der Waals surface area contributed by atoms with Crippen molar-refractivity contribution in [3.63, 3.8) is 0 Å². The molecule has 1 atom stereocenters. The van der Waals surface area contributed by atoms with Gasteiger partial charge >= 0.3 is 0 Å². The Kier molecular flexibility index (Phi) is 5.01. The Labute approximate surface area is 100 Å². The van der Waals surface area contributed by atoms with E-state index in [1.807, 2.05) is 0 Å². The van der Waals surface area contributed by atoms with Crippen LogP contribution in [0.15, 0.2) is 24.3 Å². The maximum atomic E-state index is 5.88. The van der Waals surface area contributed by atoms with Crippen molar-refractivity contribution in [3.05, 3.63) is 35.4 Å². The molecule has 0 amide bonds. The summed E-state index contributed by atoms with van der Waals surface area (Å²) in [5.74, 6) is 1.81. The van der Waals surface area contributed by atoms with Crippen molar-refractivity contribution in [1.82, 2.24) is 0 Å². The molecule has 1 aromatic carbocycles. The second-order valence-corrected chi connectivity index (χ2v) is 5.39. The number of benzene rings is 1. The van der Waals surface area contributed by atoms with E-state index in [-0.39, 0.29) is 0 Å². The number of hydrogen-bond acceptors (Lipinski definition) is 1. The van der Waals surface area contributed by atoms with Crippen LogP contribution in [0.25, 0.3) is 0 Å². The predicted molar refractivity (Wildman–Crippen MR) is 71.8 cm³/mol. The van der Waals surface area contributed by atoms with Gasteiger partial charge in [-0.3, -0.25) is 0 Å². The van der Waals surface area contributed by atoms with Crippen molar-refractivity contribution < 1.29 is 0 Å². The molecule has 0 heterocycles. The molecule has 2 N–H and O–H groups in total. The van der Waals surface area contributed by atoms with Crippen molar-refractivity contribution in [2.24, 2.45) is 11.7 Å². The van der Waals surface area contributed by atoms with Gasteiger partial charge in [0.15, 0.2) is 0 Å². The van der Waals surface area contributed by atoms with Crippen molar-refractivity contribution in [1.29, 1.82) is 0 Å². The lowest BCUT2D eigenvalue weighted by Crippen LogP contribution is -2.14. The maximum Gasteiger partial charge on any atom is -0.000814 e. The average molecular weight is 219 g/mol. The van der Waals surface area contributed by atoms with Gasteiger partial charge in [0.2, 0.25) is 0 Å². The normalized spacial score (nSPS) is 13.4. The first-order valence-electron chi connectivity index (χ1n) is 6.34. The van der Waals surface area contributed by atoms with Gasteiger partial charge in [-0.15, -0.1) is 0 Å². The molecule has 0 unspecified atom stereocenters. The zero-order chi connectivity index (χ0) is 12.1. The summed E-state index contributed by atoms with van der Waals surface area (Å²) in [5, 5.41) is 0. The van der Waals surface area contributed by atoms with Crippen LogP contribution in [0.5, 0.6) is 0 Å². The van der Waals surface area contributed by atoms with Gasteiger partial charge in [-0.1, -0.05) is 52.0 Å². The fourth-order valence-corrected chi connectivity index (χ4v) is 2.11. The Morgan fingerprint density at radius 3 is 2.19 bits per heavy atom. The van der Waals surface area contributed by atoms with E-state index in [9.17, 15) is 0 Å². The third-order valence-corrected chi connectivity index (χ3v) is 3.09. The number of hydrogen-bond donors (Lipinski definition) is 1. The molecule has 0 aromatic heterocycles. The van der Waals surface area contributed by atoms with Gasteiger partial charge in [0.25, 0.3) is 0 Å². The van der Waals surface area contributed by atoms with Crippen molar-refractivity contribution in [2.75, 3.05) is 6.54 Å². The lowest BCUT2D eigenvalue weighted by molar-refractivity contribution is 0.504. The van der Waals surface area contributed by atoms with Gasteiger partial charge in [0, 0.05) is 0 Å². The second kappa shape index (κ2) is 6.05.